The standard InChI is InChI=1S/C22H17NO4/c1-13-10-19-20(26-12-25-19)11-16(13)23-22(24)21-14-6-2-4-8-17(14)27-18-9-5-3-7-15(18)21/h2-11,21H,12H2,1H3,(H,23,24). The van der Waals surface area contributed by atoms with Crippen molar-refractivity contribution in [3.63, 3.8) is 0 Å². The van der Waals surface area contributed by atoms with Crippen LogP contribution in [-0.2, 0) is 4.79 Å². The highest BCUT2D eigenvalue weighted by molar-refractivity contribution is 6.00. The number of carbonyl (C=O) groups excluding carboxylic acids is 1. The molecule has 27 heavy (non-hydrogen) atoms. The van der Waals surface area contributed by atoms with Gasteiger partial charge >= 0.3 is 0 Å². The lowest BCUT2D eigenvalue weighted by Gasteiger charge is -2.27. The van der Waals surface area contributed by atoms with E-state index in [-0.39, 0.29) is 12.7 Å². The molecule has 5 heteroatoms. The van der Waals surface area contributed by atoms with Gasteiger partial charge in [0.25, 0.3) is 0 Å². The maximum atomic E-state index is 13.3. The number of amides is 1. The van der Waals surface area contributed by atoms with E-state index in [2.05, 4.69) is 5.32 Å². The minimum Gasteiger partial charge on any atom is -0.457 e. The molecule has 0 atom stereocenters. The van der Waals surface area contributed by atoms with Crippen LogP contribution in [0.15, 0.2) is 60.7 Å². The van der Waals surface area contributed by atoms with Crippen LogP contribution in [0.5, 0.6) is 23.0 Å². The van der Waals surface area contributed by atoms with Gasteiger partial charge in [-0.2, -0.15) is 0 Å². The van der Waals surface area contributed by atoms with Crippen LogP contribution in [0.25, 0.3) is 0 Å². The van der Waals surface area contributed by atoms with Crippen molar-refractivity contribution in [2.75, 3.05) is 12.1 Å². The summed E-state index contributed by atoms with van der Waals surface area (Å²) >= 11 is 0. The van der Waals surface area contributed by atoms with E-state index in [1.807, 2.05) is 67.6 Å². The fraction of sp³-hybridized carbons (Fsp3) is 0.136. The number of ether oxygens (including phenoxy) is 3. The Balaban J connectivity index is 1.54. The summed E-state index contributed by atoms with van der Waals surface area (Å²) in [5, 5.41) is 3.06. The molecule has 0 radical (unpaired) electrons. The van der Waals surface area contributed by atoms with Gasteiger partial charge in [-0.3, -0.25) is 4.79 Å². The largest absolute Gasteiger partial charge is 0.457 e. The van der Waals surface area contributed by atoms with Crippen LogP contribution in [0.2, 0.25) is 0 Å². The monoisotopic (exact) mass is 359 g/mol. The Hall–Kier alpha value is -3.47. The van der Waals surface area contributed by atoms with E-state index in [4.69, 9.17) is 14.2 Å². The molecule has 0 spiro atoms. The number of anilines is 1. The van der Waals surface area contributed by atoms with Crippen molar-refractivity contribution in [3.05, 3.63) is 77.4 Å². The second kappa shape index (κ2) is 6.06. The van der Waals surface area contributed by atoms with E-state index in [0.717, 1.165) is 16.7 Å². The molecule has 0 bridgehead atoms. The van der Waals surface area contributed by atoms with Gasteiger partial charge in [-0.1, -0.05) is 36.4 Å². The molecule has 134 valence electrons. The first kappa shape index (κ1) is 15.8. The summed E-state index contributed by atoms with van der Waals surface area (Å²) in [6.07, 6.45) is 0. The molecule has 0 aromatic heterocycles. The van der Waals surface area contributed by atoms with Crippen LogP contribution in [0.4, 0.5) is 5.69 Å². The number of hydrogen-bond acceptors (Lipinski definition) is 4. The van der Waals surface area contributed by atoms with Gasteiger partial charge < -0.3 is 19.5 Å². The number of benzene rings is 3. The first-order valence-corrected chi connectivity index (χ1v) is 8.77. The summed E-state index contributed by atoms with van der Waals surface area (Å²) in [7, 11) is 0. The van der Waals surface area contributed by atoms with E-state index in [1.165, 1.54) is 0 Å². The summed E-state index contributed by atoms with van der Waals surface area (Å²) in [5.41, 5.74) is 3.34. The van der Waals surface area contributed by atoms with E-state index in [0.29, 0.717) is 28.7 Å². The van der Waals surface area contributed by atoms with Crippen molar-refractivity contribution in [1.29, 1.82) is 0 Å². The van der Waals surface area contributed by atoms with Crippen molar-refractivity contribution in [2.24, 2.45) is 0 Å². The zero-order valence-electron chi connectivity index (χ0n) is 14.7. The molecule has 5 rings (SSSR count). The fourth-order valence-electron chi connectivity index (χ4n) is 3.58. The van der Waals surface area contributed by atoms with Gasteiger partial charge in [0.2, 0.25) is 12.7 Å². The Bertz CT molecular complexity index is 1010. The van der Waals surface area contributed by atoms with Crippen LogP contribution >= 0.6 is 0 Å². The third-order valence-corrected chi connectivity index (χ3v) is 4.92. The van der Waals surface area contributed by atoms with Crippen LogP contribution in [0.3, 0.4) is 0 Å². The Morgan fingerprint density at radius 1 is 0.889 bits per heavy atom. The fourth-order valence-corrected chi connectivity index (χ4v) is 3.58. The zero-order valence-corrected chi connectivity index (χ0v) is 14.7. The highest BCUT2D eigenvalue weighted by Crippen LogP contribution is 2.45. The topological polar surface area (TPSA) is 56.8 Å². The summed E-state index contributed by atoms with van der Waals surface area (Å²) in [5.74, 6) is 2.20. The molecule has 5 nitrogen and oxygen atoms in total. The molecule has 1 N–H and O–H groups in total. The van der Waals surface area contributed by atoms with E-state index in [9.17, 15) is 4.79 Å². The van der Waals surface area contributed by atoms with E-state index < -0.39 is 5.92 Å². The third kappa shape index (κ3) is 2.59. The molecule has 2 heterocycles. The van der Waals surface area contributed by atoms with Gasteiger partial charge in [0.15, 0.2) is 11.5 Å². The summed E-state index contributed by atoms with van der Waals surface area (Å²) in [6.45, 7) is 2.14. The number of nitrogens with one attached hydrogen (secondary N) is 1. The van der Waals surface area contributed by atoms with Gasteiger partial charge in [0.05, 0.1) is 5.92 Å². The molecule has 0 aliphatic carbocycles. The minimum atomic E-state index is -0.448. The first-order valence-electron chi connectivity index (χ1n) is 8.77. The normalized spacial score (nSPS) is 14.1. The van der Waals surface area contributed by atoms with Crippen LogP contribution in [-0.4, -0.2) is 12.7 Å². The SMILES string of the molecule is Cc1cc2c(cc1NC(=O)C1c3ccccc3Oc3ccccc31)OCO2. The molecule has 2 aliphatic heterocycles. The van der Waals surface area contributed by atoms with Crippen LogP contribution in [0, 0.1) is 6.92 Å². The maximum Gasteiger partial charge on any atom is 0.236 e. The quantitative estimate of drug-likeness (QED) is 0.726. The second-order valence-electron chi connectivity index (χ2n) is 6.62. The Kier molecular flexibility index (Phi) is 3.53. The lowest BCUT2D eigenvalue weighted by Crippen LogP contribution is -2.25. The van der Waals surface area contributed by atoms with Crippen molar-refractivity contribution < 1.29 is 19.0 Å². The van der Waals surface area contributed by atoms with Crippen LogP contribution < -0.4 is 19.5 Å². The lowest BCUT2D eigenvalue weighted by molar-refractivity contribution is -0.116. The van der Waals surface area contributed by atoms with E-state index >= 15 is 0 Å². The number of hydrogen-bond donors (Lipinski definition) is 1. The molecular weight excluding hydrogens is 342 g/mol. The number of carbonyl (C=O) groups is 1. The minimum absolute atomic E-state index is 0.111. The number of para-hydroxylation sites is 2. The Morgan fingerprint density at radius 2 is 1.48 bits per heavy atom. The molecule has 0 fully saturated rings. The van der Waals surface area contributed by atoms with Gasteiger partial charge in [0, 0.05) is 22.9 Å². The predicted molar refractivity (Wildman–Crippen MR) is 101 cm³/mol. The summed E-state index contributed by atoms with van der Waals surface area (Å²) < 4.78 is 16.8. The average molecular weight is 359 g/mol. The van der Waals surface area contributed by atoms with Crippen LogP contribution in [0.1, 0.15) is 22.6 Å². The Morgan fingerprint density at radius 3 is 2.15 bits per heavy atom. The predicted octanol–water partition coefficient (Wildman–Crippen LogP) is 4.60. The van der Waals surface area contributed by atoms with Crippen molar-refractivity contribution in [3.8, 4) is 23.0 Å². The first-order chi connectivity index (χ1) is 13.2. The Labute approximate surface area is 156 Å². The molecule has 1 amide bonds. The summed E-state index contributed by atoms with van der Waals surface area (Å²) in [6, 6.07) is 19.0. The number of aryl methyl sites for hydroxylation is 1. The average Bonchev–Trinajstić information content (AvgIpc) is 3.13. The molecular formula is C22H17NO4. The third-order valence-electron chi connectivity index (χ3n) is 4.92. The maximum absolute atomic E-state index is 13.3. The molecule has 0 saturated heterocycles. The smallest absolute Gasteiger partial charge is 0.236 e. The lowest BCUT2D eigenvalue weighted by atomic mass is 9.87. The second-order valence-corrected chi connectivity index (χ2v) is 6.62. The van der Waals surface area contributed by atoms with Gasteiger partial charge in [0.1, 0.15) is 11.5 Å². The molecule has 2 aliphatic rings. The number of fused-ring (bicyclic) bond motifs is 3. The zero-order chi connectivity index (χ0) is 18.4. The molecule has 0 unspecified atom stereocenters. The van der Waals surface area contributed by atoms with Gasteiger partial charge in [-0.25, -0.2) is 0 Å². The van der Waals surface area contributed by atoms with Gasteiger partial charge in [-0.15, -0.1) is 0 Å². The van der Waals surface area contributed by atoms with Crippen molar-refractivity contribution >= 4 is 11.6 Å². The summed E-state index contributed by atoms with van der Waals surface area (Å²) in [4.78, 5) is 13.3. The highest BCUT2D eigenvalue weighted by atomic mass is 16.7. The molecule has 3 aromatic carbocycles. The highest BCUT2D eigenvalue weighted by Gasteiger charge is 2.32. The van der Waals surface area contributed by atoms with Gasteiger partial charge in [-0.05, 0) is 30.7 Å². The van der Waals surface area contributed by atoms with E-state index in [1.54, 1.807) is 0 Å². The number of rotatable bonds is 2. The van der Waals surface area contributed by atoms with Crippen molar-refractivity contribution in [1.82, 2.24) is 0 Å². The molecule has 0 saturated carbocycles. The van der Waals surface area contributed by atoms with Crippen molar-refractivity contribution in [2.45, 2.75) is 12.8 Å². The molecule has 3 aromatic rings.